The highest BCUT2D eigenvalue weighted by Crippen LogP contribution is 2.28. The molecule has 1 aliphatic heterocycles. The number of likely N-dealkylation sites (tertiary alicyclic amines) is 1. The lowest BCUT2D eigenvalue weighted by molar-refractivity contribution is 0.00787. The molecule has 1 aliphatic rings. The van der Waals surface area contributed by atoms with Gasteiger partial charge in [-0.05, 0) is 32.9 Å². The summed E-state index contributed by atoms with van der Waals surface area (Å²) in [5.41, 5.74) is 0.569. The van der Waals surface area contributed by atoms with E-state index in [-0.39, 0.29) is 12.0 Å². The molecule has 1 fully saturated rings. The second-order valence-corrected chi connectivity index (χ2v) is 8.65. The molecular weight excluding hydrogens is 348 g/mol. The molecule has 2 aromatic rings. The Morgan fingerprint density at radius 3 is 2.88 bits per heavy atom. The van der Waals surface area contributed by atoms with Gasteiger partial charge in [-0.2, -0.15) is 5.10 Å². The number of nitrogens with one attached hydrogen (secondary N) is 2. The fourth-order valence-corrected chi connectivity index (χ4v) is 3.44. The third-order valence-electron chi connectivity index (χ3n) is 3.64. The van der Waals surface area contributed by atoms with Crippen LogP contribution in [0.15, 0.2) is 18.2 Å². The zero-order chi connectivity index (χ0) is 17.3. The number of rotatable bonds is 4. The van der Waals surface area contributed by atoms with Crippen molar-refractivity contribution in [2.24, 2.45) is 0 Å². The van der Waals surface area contributed by atoms with Crippen molar-refractivity contribution in [3.05, 3.63) is 33.1 Å². The Morgan fingerprint density at radius 2 is 2.25 bits per heavy atom. The molecule has 0 radical (unpaired) electrons. The first-order valence-electron chi connectivity index (χ1n) is 7.81. The zero-order valence-corrected chi connectivity index (χ0v) is 15.5. The van der Waals surface area contributed by atoms with Gasteiger partial charge in [-0.1, -0.05) is 11.6 Å². The lowest BCUT2D eigenvalue weighted by Gasteiger charge is -2.39. The molecule has 24 heavy (non-hydrogen) atoms. The van der Waals surface area contributed by atoms with Crippen molar-refractivity contribution in [2.75, 3.05) is 18.4 Å². The van der Waals surface area contributed by atoms with E-state index in [9.17, 15) is 4.79 Å². The third kappa shape index (κ3) is 4.21. The lowest BCUT2D eigenvalue weighted by atomic mass is 9.97. The van der Waals surface area contributed by atoms with Gasteiger partial charge in [-0.15, -0.1) is 11.3 Å². The van der Waals surface area contributed by atoms with E-state index >= 15 is 0 Å². The van der Waals surface area contributed by atoms with Gasteiger partial charge >= 0.3 is 6.09 Å². The molecule has 6 nitrogen and oxygen atoms in total. The number of hydrogen-bond acceptors (Lipinski definition) is 5. The second-order valence-electron chi connectivity index (χ2n) is 6.85. The first-order chi connectivity index (χ1) is 11.3. The third-order valence-corrected chi connectivity index (χ3v) is 4.87. The van der Waals surface area contributed by atoms with Crippen LogP contribution < -0.4 is 5.32 Å². The van der Waals surface area contributed by atoms with Crippen LogP contribution in [-0.4, -0.2) is 39.9 Å². The van der Waals surface area contributed by atoms with Gasteiger partial charge in [-0.25, -0.2) is 4.79 Å². The molecule has 0 unspecified atom stereocenters. The zero-order valence-electron chi connectivity index (χ0n) is 13.9. The number of ether oxygens (including phenoxy) is 1. The van der Waals surface area contributed by atoms with Crippen molar-refractivity contribution in [1.82, 2.24) is 15.1 Å². The van der Waals surface area contributed by atoms with Crippen LogP contribution in [0.5, 0.6) is 0 Å². The summed E-state index contributed by atoms with van der Waals surface area (Å²) >= 11 is 7.47. The fraction of sp³-hybridized carbons (Fsp3) is 0.500. The molecule has 130 valence electrons. The number of amides is 1. The van der Waals surface area contributed by atoms with Crippen molar-refractivity contribution in [2.45, 2.75) is 38.8 Å². The Bertz CT molecular complexity index is 716. The Hall–Kier alpha value is -1.73. The van der Waals surface area contributed by atoms with E-state index < -0.39 is 5.60 Å². The average Bonchev–Trinajstić information content (AvgIpc) is 3.02. The molecule has 3 rings (SSSR count). The van der Waals surface area contributed by atoms with Crippen LogP contribution in [0, 0.1) is 0 Å². The molecule has 0 aliphatic carbocycles. The summed E-state index contributed by atoms with van der Waals surface area (Å²) in [7, 11) is 0. The smallest absolute Gasteiger partial charge is 0.410 e. The van der Waals surface area contributed by atoms with E-state index in [0.717, 1.165) is 20.7 Å². The van der Waals surface area contributed by atoms with Crippen LogP contribution in [0.3, 0.4) is 0 Å². The summed E-state index contributed by atoms with van der Waals surface area (Å²) in [5.74, 6) is 1.07. The van der Waals surface area contributed by atoms with Gasteiger partial charge < -0.3 is 15.0 Å². The van der Waals surface area contributed by atoms with Gasteiger partial charge in [0.1, 0.15) is 11.4 Å². The van der Waals surface area contributed by atoms with E-state index in [1.165, 1.54) is 0 Å². The first-order valence-corrected chi connectivity index (χ1v) is 9.01. The number of carbonyl (C=O) groups excluding carboxylic acids is 1. The molecule has 1 amide bonds. The highest BCUT2D eigenvalue weighted by molar-refractivity contribution is 7.16. The highest BCUT2D eigenvalue weighted by Gasteiger charge is 2.35. The van der Waals surface area contributed by atoms with Crippen LogP contribution in [0.4, 0.5) is 10.6 Å². The molecule has 2 N–H and O–H groups in total. The second kappa shape index (κ2) is 6.64. The molecule has 2 aromatic heterocycles. The highest BCUT2D eigenvalue weighted by atomic mass is 35.5. The van der Waals surface area contributed by atoms with Crippen LogP contribution in [-0.2, 0) is 11.3 Å². The number of carbonyl (C=O) groups is 1. The van der Waals surface area contributed by atoms with Crippen LogP contribution in [0.25, 0.3) is 0 Å². The minimum atomic E-state index is -0.460. The van der Waals surface area contributed by atoms with Gasteiger partial charge in [0.2, 0.25) is 0 Å². The summed E-state index contributed by atoms with van der Waals surface area (Å²) < 4.78 is 6.14. The summed E-state index contributed by atoms with van der Waals surface area (Å²) in [4.78, 5) is 14.8. The van der Waals surface area contributed by atoms with Gasteiger partial charge in [0.05, 0.1) is 10.9 Å². The number of H-pyrrole nitrogens is 1. The molecule has 3 heterocycles. The summed E-state index contributed by atoms with van der Waals surface area (Å²) in [6.07, 6.45) is -0.258. The average molecular weight is 369 g/mol. The summed E-state index contributed by atoms with van der Waals surface area (Å²) in [6, 6.07) is 5.88. The fourth-order valence-electron chi connectivity index (χ4n) is 2.41. The summed E-state index contributed by atoms with van der Waals surface area (Å²) in [6.45, 7) is 7.60. The lowest BCUT2D eigenvalue weighted by Crippen LogP contribution is -2.50. The first kappa shape index (κ1) is 17.1. The van der Waals surface area contributed by atoms with Crippen molar-refractivity contribution < 1.29 is 9.53 Å². The van der Waals surface area contributed by atoms with Crippen LogP contribution in [0.1, 0.15) is 37.3 Å². The molecule has 0 atom stereocenters. The minimum Gasteiger partial charge on any atom is -0.444 e. The Morgan fingerprint density at radius 1 is 1.50 bits per heavy atom. The molecule has 0 aromatic carbocycles. The monoisotopic (exact) mass is 368 g/mol. The Kier molecular flexibility index (Phi) is 4.73. The number of nitrogens with zero attached hydrogens (tertiary/aromatic N) is 2. The van der Waals surface area contributed by atoms with Gasteiger partial charge in [0.15, 0.2) is 0 Å². The quantitative estimate of drug-likeness (QED) is 0.853. The number of anilines is 1. The molecule has 0 saturated carbocycles. The summed E-state index contributed by atoms with van der Waals surface area (Å²) in [5, 5.41) is 10.6. The van der Waals surface area contributed by atoms with Gasteiger partial charge in [0, 0.05) is 35.6 Å². The van der Waals surface area contributed by atoms with E-state index in [2.05, 4.69) is 15.5 Å². The maximum atomic E-state index is 11.9. The van der Waals surface area contributed by atoms with E-state index in [1.807, 2.05) is 39.0 Å². The number of aromatic amines is 1. The predicted octanol–water partition coefficient (Wildman–Crippen LogP) is 4.07. The van der Waals surface area contributed by atoms with Crippen molar-refractivity contribution >= 4 is 34.8 Å². The van der Waals surface area contributed by atoms with Crippen molar-refractivity contribution in [3.63, 3.8) is 0 Å². The minimum absolute atomic E-state index is 0.258. The van der Waals surface area contributed by atoms with Crippen molar-refractivity contribution in [3.8, 4) is 0 Å². The van der Waals surface area contributed by atoms with E-state index in [4.69, 9.17) is 16.3 Å². The van der Waals surface area contributed by atoms with Crippen molar-refractivity contribution in [1.29, 1.82) is 0 Å². The molecule has 0 spiro atoms. The molecule has 0 bridgehead atoms. The molecule has 1 saturated heterocycles. The maximum Gasteiger partial charge on any atom is 0.410 e. The molecule has 8 heteroatoms. The van der Waals surface area contributed by atoms with E-state index in [0.29, 0.717) is 19.6 Å². The van der Waals surface area contributed by atoms with Gasteiger partial charge in [-0.3, -0.25) is 5.10 Å². The normalized spacial score (nSPS) is 15.2. The van der Waals surface area contributed by atoms with Crippen LogP contribution >= 0.6 is 22.9 Å². The topological polar surface area (TPSA) is 70.2 Å². The van der Waals surface area contributed by atoms with E-state index in [1.54, 1.807) is 16.2 Å². The number of thiophene rings is 1. The predicted molar refractivity (Wildman–Crippen MR) is 95.8 cm³/mol. The number of aromatic nitrogens is 2. The Balaban J connectivity index is 1.48. The largest absolute Gasteiger partial charge is 0.444 e. The number of hydrogen-bond donors (Lipinski definition) is 2. The number of halogens is 1. The standard InChI is InChI=1S/C16H21ClN4O2S/c1-16(2,3)23-15(22)21-8-10(9-21)12-6-14(20-19-12)18-7-11-4-5-13(17)24-11/h4-6,10H,7-9H2,1-3H3,(H2,18,19,20). The maximum absolute atomic E-state index is 11.9. The van der Waals surface area contributed by atoms with Crippen LogP contribution in [0.2, 0.25) is 4.34 Å². The molecular formula is C16H21ClN4O2S. The van der Waals surface area contributed by atoms with Gasteiger partial charge in [0.25, 0.3) is 0 Å². The Labute approximate surface area is 150 Å². The SMILES string of the molecule is CC(C)(C)OC(=O)N1CC(c2cc(NCc3ccc(Cl)s3)n[nH]2)C1.